The second-order valence-electron chi connectivity index (χ2n) is 3.39. The highest BCUT2D eigenvalue weighted by molar-refractivity contribution is 7.13. The second-order valence-corrected chi connectivity index (χ2v) is 4.25. The molecule has 1 aromatic carbocycles. The zero-order valence-electron chi connectivity index (χ0n) is 9.34. The van der Waals surface area contributed by atoms with E-state index in [4.69, 9.17) is 0 Å². The molecule has 1 aromatic heterocycles. The minimum atomic E-state index is -0.276. The normalized spacial score (nSPS) is 9.94. The Bertz CT molecular complexity index is 496. The number of nitrogens with one attached hydrogen (secondary N) is 1. The van der Waals surface area contributed by atoms with Gasteiger partial charge in [-0.25, -0.2) is 4.98 Å². The molecule has 0 saturated heterocycles. The average molecular weight is 248 g/mol. The third kappa shape index (κ3) is 3.29. The summed E-state index contributed by atoms with van der Waals surface area (Å²) in [6.45, 7) is 0. The molecule has 0 bridgehead atoms. The van der Waals surface area contributed by atoms with Gasteiger partial charge in [-0.2, -0.15) is 0 Å². The van der Waals surface area contributed by atoms with E-state index in [9.17, 15) is 4.79 Å². The van der Waals surface area contributed by atoms with Crippen LogP contribution in [-0.4, -0.2) is 18.1 Å². The largest absolute Gasteiger partial charge is 0.469 e. The van der Waals surface area contributed by atoms with Crippen LogP contribution in [-0.2, 0) is 16.0 Å². The molecule has 0 radical (unpaired) electrons. The van der Waals surface area contributed by atoms with E-state index in [0.29, 0.717) is 0 Å². The first-order valence-electron chi connectivity index (χ1n) is 5.11. The summed E-state index contributed by atoms with van der Waals surface area (Å²) in [4.78, 5) is 15.4. The molecule has 2 rings (SSSR count). The van der Waals surface area contributed by atoms with Gasteiger partial charge in [0.1, 0.15) is 0 Å². The molecule has 2 aromatic rings. The van der Waals surface area contributed by atoms with Crippen molar-refractivity contribution >= 4 is 28.1 Å². The molecule has 88 valence electrons. The molecule has 0 unspecified atom stereocenters. The predicted molar refractivity (Wildman–Crippen MR) is 67.6 cm³/mol. The topological polar surface area (TPSA) is 51.2 Å². The molecule has 0 saturated carbocycles. The number of anilines is 2. The predicted octanol–water partition coefficient (Wildman–Crippen LogP) is 2.60. The van der Waals surface area contributed by atoms with Gasteiger partial charge in [0.2, 0.25) is 0 Å². The smallest absolute Gasteiger partial charge is 0.311 e. The van der Waals surface area contributed by atoms with Crippen LogP contribution in [0.15, 0.2) is 35.7 Å². The maximum atomic E-state index is 11.1. The van der Waals surface area contributed by atoms with Crippen molar-refractivity contribution < 1.29 is 9.53 Å². The summed E-state index contributed by atoms with van der Waals surface area (Å²) in [5.74, 6) is -0.276. The van der Waals surface area contributed by atoms with Gasteiger partial charge >= 0.3 is 5.97 Å². The summed E-state index contributed by atoms with van der Waals surface area (Å²) < 4.78 is 4.59. The minimum Gasteiger partial charge on any atom is -0.469 e. The summed E-state index contributed by atoms with van der Waals surface area (Å²) in [6.07, 6.45) is 0.212. The highest BCUT2D eigenvalue weighted by Gasteiger charge is 2.07. The number of benzene rings is 1. The van der Waals surface area contributed by atoms with Crippen LogP contribution in [0.5, 0.6) is 0 Å². The molecule has 0 fully saturated rings. The quantitative estimate of drug-likeness (QED) is 0.845. The monoisotopic (exact) mass is 248 g/mol. The number of rotatable bonds is 4. The number of thiazole rings is 1. The highest BCUT2D eigenvalue weighted by Crippen LogP contribution is 2.20. The number of nitrogens with zero attached hydrogens (tertiary/aromatic N) is 1. The Balaban J connectivity index is 2.01. The third-order valence-electron chi connectivity index (χ3n) is 2.13. The van der Waals surface area contributed by atoms with Gasteiger partial charge < -0.3 is 10.1 Å². The molecule has 0 aliphatic carbocycles. The SMILES string of the molecule is COC(=O)Cc1csc(Nc2ccccc2)n1. The van der Waals surface area contributed by atoms with Crippen molar-refractivity contribution in [2.45, 2.75) is 6.42 Å². The Kier molecular flexibility index (Phi) is 3.72. The number of hydrogen-bond acceptors (Lipinski definition) is 5. The Morgan fingerprint density at radius 1 is 1.41 bits per heavy atom. The van der Waals surface area contributed by atoms with Crippen molar-refractivity contribution in [1.82, 2.24) is 4.98 Å². The van der Waals surface area contributed by atoms with E-state index < -0.39 is 0 Å². The molecule has 17 heavy (non-hydrogen) atoms. The first-order valence-corrected chi connectivity index (χ1v) is 5.99. The molecule has 0 aliphatic heterocycles. The molecular formula is C12H12N2O2S. The molecule has 0 spiro atoms. The Morgan fingerprint density at radius 3 is 2.88 bits per heavy atom. The molecule has 0 amide bonds. The van der Waals surface area contributed by atoms with Gasteiger partial charge in [0, 0.05) is 11.1 Å². The van der Waals surface area contributed by atoms with Gasteiger partial charge in [0.25, 0.3) is 0 Å². The van der Waals surface area contributed by atoms with Gasteiger partial charge in [-0.15, -0.1) is 11.3 Å². The Hall–Kier alpha value is -1.88. The van der Waals surface area contributed by atoms with Crippen LogP contribution in [0.3, 0.4) is 0 Å². The van der Waals surface area contributed by atoms with Gasteiger partial charge in [0.15, 0.2) is 5.13 Å². The van der Waals surface area contributed by atoms with Crippen molar-refractivity contribution in [2.75, 3.05) is 12.4 Å². The number of ether oxygens (including phenoxy) is 1. The molecule has 1 heterocycles. The fraction of sp³-hybridized carbons (Fsp3) is 0.167. The van der Waals surface area contributed by atoms with E-state index in [2.05, 4.69) is 15.0 Å². The number of aromatic nitrogens is 1. The fourth-order valence-corrected chi connectivity index (χ4v) is 2.04. The van der Waals surface area contributed by atoms with Crippen LogP contribution in [0.2, 0.25) is 0 Å². The van der Waals surface area contributed by atoms with Gasteiger partial charge in [-0.3, -0.25) is 4.79 Å². The van der Waals surface area contributed by atoms with Crippen LogP contribution in [0.4, 0.5) is 10.8 Å². The van der Waals surface area contributed by atoms with Crippen molar-refractivity contribution in [3.63, 3.8) is 0 Å². The van der Waals surface area contributed by atoms with Crippen molar-refractivity contribution in [3.8, 4) is 0 Å². The number of methoxy groups -OCH3 is 1. The van der Waals surface area contributed by atoms with Gasteiger partial charge in [-0.05, 0) is 12.1 Å². The summed E-state index contributed by atoms with van der Waals surface area (Å²) in [5, 5.41) is 5.79. The number of esters is 1. The van der Waals surface area contributed by atoms with Crippen molar-refractivity contribution in [3.05, 3.63) is 41.4 Å². The van der Waals surface area contributed by atoms with Crippen LogP contribution in [0.1, 0.15) is 5.69 Å². The highest BCUT2D eigenvalue weighted by atomic mass is 32.1. The number of carbonyl (C=O) groups is 1. The van der Waals surface area contributed by atoms with Crippen molar-refractivity contribution in [2.24, 2.45) is 0 Å². The molecule has 1 N–H and O–H groups in total. The van der Waals surface area contributed by atoms with Crippen molar-refractivity contribution in [1.29, 1.82) is 0 Å². The zero-order chi connectivity index (χ0) is 12.1. The summed E-state index contributed by atoms with van der Waals surface area (Å²) >= 11 is 1.47. The number of carbonyl (C=O) groups excluding carboxylic acids is 1. The Morgan fingerprint density at radius 2 is 2.18 bits per heavy atom. The molecule has 4 nitrogen and oxygen atoms in total. The zero-order valence-corrected chi connectivity index (χ0v) is 10.2. The van der Waals surface area contributed by atoms with E-state index in [1.165, 1.54) is 18.4 Å². The maximum absolute atomic E-state index is 11.1. The lowest BCUT2D eigenvalue weighted by molar-refractivity contribution is -0.139. The van der Waals surface area contributed by atoms with Gasteiger partial charge in [0.05, 0.1) is 19.2 Å². The molecule has 0 atom stereocenters. The number of para-hydroxylation sites is 1. The molecule has 0 aliphatic rings. The van der Waals surface area contributed by atoms with E-state index >= 15 is 0 Å². The number of hydrogen-bond donors (Lipinski definition) is 1. The summed E-state index contributed by atoms with van der Waals surface area (Å²) in [5.41, 5.74) is 1.70. The van der Waals surface area contributed by atoms with Crippen LogP contribution in [0.25, 0.3) is 0 Å². The minimum absolute atomic E-state index is 0.212. The van der Waals surface area contributed by atoms with E-state index in [0.717, 1.165) is 16.5 Å². The summed E-state index contributed by atoms with van der Waals surface area (Å²) in [6, 6.07) is 9.77. The van der Waals surface area contributed by atoms with Crippen LogP contribution >= 0.6 is 11.3 Å². The van der Waals surface area contributed by atoms with Crippen LogP contribution < -0.4 is 5.32 Å². The fourth-order valence-electron chi connectivity index (χ4n) is 1.31. The van der Waals surface area contributed by atoms with E-state index in [1.807, 2.05) is 35.7 Å². The summed E-state index contributed by atoms with van der Waals surface area (Å²) in [7, 11) is 1.37. The molecular weight excluding hydrogens is 236 g/mol. The average Bonchev–Trinajstić information content (AvgIpc) is 2.77. The first kappa shape index (κ1) is 11.6. The first-order chi connectivity index (χ1) is 8.28. The third-order valence-corrected chi connectivity index (χ3v) is 2.94. The van der Waals surface area contributed by atoms with Crippen LogP contribution in [0, 0.1) is 0 Å². The Labute approximate surface area is 103 Å². The molecule has 5 heteroatoms. The van der Waals surface area contributed by atoms with E-state index in [1.54, 1.807) is 0 Å². The standard InChI is InChI=1S/C12H12N2O2S/c1-16-11(15)7-10-8-17-12(14-10)13-9-5-3-2-4-6-9/h2-6,8H,7H2,1H3,(H,13,14). The van der Waals surface area contributed by atoms with E-state index in [-0.39, 0.29) is 12.4 Å². The maximum Gasteiger partial charge on any atom is 0.311 e. The lowest BCUT2D eigenvalue weighted by atomic mass is 10.3. The van der Waals surface area contributed by atoms with Gasteiger partial charge in [-0.1, -0.05) is 18.2 Å². The lowest BCUT2D eigenvalue weighted by Gasteiger charge is -2.00. The lowest BCUT2D eigenvalue weighted by Crippen LogP contribution is -2.04. The second kappa shape index (κ2) is 5.45.